The fourth-order valence-electron chi connectivity index (χ4n) is 3.79. The summed E-state index contributed by atoms with van der Waals surface area (Å²) in [5.74, 6) is -0.426. The van der Waals surface area contributed by atoms with Crippen molar-refractivity contribution in [1.82, 2.24) is 10.2 Å². The molecule has 2 atom stereocenters. The number of rotatable bonds is 6. The molecule has 2 heterocycles. The molecule has 1 aliphatic rings. The number of hydrogen-bond donors (Lipinski definition) is 2. The van der Waals surface area contributed by atoms with E-state index in [1.54, 1.807) is 6.07 Å². The van der Waals surface area contributed by atoms with E-state index in [9.17, 15) is 5.26 Å². The molecule has 0 fully saturated rings. The van der Waals surface area contributed by atoms with Crippen molar-refractivity contribution in [3.63, 3.8) is 0 Å². The van der Waals surface area contributed by atoms with Gasteiger partial charge in [-0.2, -0.15) is 5.26 Å². The number of aromatic amines is 1. The van der Waals surface area contributed by atoms with Gasteiger partial charge in [-0.25, -0.2) is 0 Å². The Morgan fingerprint density at radius 1 is 1.27 bits per heavy atom. The largest absolute Gasteiger partial charge is 0.489 e. The summed E-state index contributed by atoms with van der Waals surface area (Å²) in [5, 5.41) is 25.9. The van der Waals surface area contributed by atoms with Gasteiger partial charge in [0, 0.05) is 27.8 Å². The molecular weight excluding hydrogens is 400 g/mol. The second-order valence-corrected chi connectivity index (χ2v) is 7.61. The summed E-state index contributed by atoms with van der Waals surface area (Å²) in [4.78, 5) is 0. The number of nitriles is 1. The molecule has 152 valence electrons. The van der Waals surface area contributed by atoms with Crippen LogP contribution in [0.4, 0.5) is 0 Å². The second kappa shape index (κ2) is 8.60. The van der Waals surface area contributed by atoms with Gasteiger partial charge in [0.2, 0.25) is 11.8 Å². The van der Waals surface area contributed by atoms with Crippen molar-refractivity contribution >= 4 is 17.5 Å². The minimum Gasteiger partial charge on any atom is -0.489 e. The summed E-state index contributed by atoms with van der Waals surface area (Å²) in [6, 6.07) is 17.5. The van der Waals surface area contributed by atoms with Crippen LogP contribution in [0, 0.1) is 22.7 Å². The third-order valence-corrected chi connectivity index (χ3v) is 5.40. The molecule has 0 amide bonds. The predicted molar refractivity (Wildman–Crippen MR) is 114 cm³/mol. The van der Waals surface area contributed by atoms with Crippen LogP contribution >= 0.6 is 11.6 Å². The first-order valence-corrected chi connectivity index (χ1v) is 10.2. The molecule has 0 saturated carbocycles. The van der Waals surface area contributed by atoms with Crippen molar-refractivity contribution in [2.45, 2.75) is 32.3 Å². The molecule has 0 aliphatic carbocycles. The van der Waals surface area contributed by atoms with Crippen molar-refractivity contribution in [2.75, 3.05) is 0 Å². The number of hydrogen-bond acceptors (Lipinski definition) is 5. The molecule has 4 rings (SSSR count). The van der Waals surface area contributed by atoms with Gasteiger partial charge in [-0.1, -0.05) is 55.3 Å². The molecule has 0 saturated heterocycles. The van der Waals surface area contributed by atoms with Crippen LogP contribution in [-0.4, -0.2) is 16.1 Å². The Morgan fingerprint density at radius 3 is 2.80 bits per heavy atom. The van der Waals surface area contributed by atoms with Gasteiger partial charge in [0.25, 0.3) is 0 Å². The first kappa shape index (κ1) is 20.0. The van der Waals surface area contributed by atoms with Crippen molar-refractivity contribution in [1.29, 1.82) is 10.7 Å². The Morgan fingerprint density at radius 2 is 2.07 bits per heavy atom. The molecule has 0 radical (unpaired) electrons. The highest BCUT2D eigenvalue weighted by molar-refractivity contribution is 6.30. The highest BCUT2D eigenvalue weighted by atomic mass is 35.5. The van der Waals surface area contributed by atoms with E-state index >= 15 is 0 Å². The van der Waals surface area contributed by atoms with E-state index in [4.69, 9.17) is 26.5 Å². The van der Waals surface area contributed by atoms with Crippen LogP contribution in [0.25, 0.3) is 0 Å². The van der Waals surface area contributed by atoms with Gasteiger partial charge in [-0.05, 0) is 30.2 Å². The van der Waals surface area contributed by atoms with Crippen molar-refractivity contribution < 1.29 is 9.47 Å². The van der Waals surface area contributed by atoms with E-state index < -0.39 is 11.8 Å². The summed E-state index contributed by atoms with van der Waals surface area (Å²) in [7, 11) is 0. The SMILES string of the molecule is CCCc1[nH]nc2c1C(c1cc(Cl)ccc1OCc1ccccc1)C(C#N)C(=N)O2. The lowest BCUT2D eigenvalue weighted by atomic mass is 9.78. The fourth-order valence-corrected chi connectivity index (χ4v) is 3.97. The first-order chi connectivity index (χ1) is 14.6. The second-order valence-electron chi connectivity index (χ2n) is 7.18. The summed E-state index contributed by atoms with van der Waals surface area (Å²) in [6.07, 6.45) is 1.66. The lowest BCUT2D eigenvalue weighted by molar-refractivity contribution is 0.300. The topological polar surface area (TPSA) is 94.8 Å². The van der Waals surface area contributed by atoms with E-state index in [1.807, 2.05) is 42.5 Å². The maximum Gasteiger partial charge on any atom is 0.243 e. The average molecular weight is 421 g/mol. The third kappa shape index (κ3) is 3.77. The molecule has 6 nitrogen and oxygen atoms in total. The van der Waals surface area contributed by atoms with Gasteiger partial charge in [-0.15, -0.1) is 5.10 Å². The molecule has 0 spiro atoms. The van der Waals surface area contributed by atoms with Crippen LogP contribution in [0.1, 0.15) is 41.6 Å². The van der Waals surface area contributed by atoms with E-state index in [-0.39, 0.29) is 5.90 Å². The number of fused-ring (bicyclic) bond motifs is 1. The van der Waals surface area contributed by atoms with Gasteiger partial charge < -0.3 is 9.47 Å². The maximum atomic E-state index is 9.87. The summed E-state index contributed by atoms with van der Waals surface area (Å²) < 4.78 is 11.7. The summed E-state index contributed by atoms with van der Waals surface area (Å²) >= 11 is 6.34. The van der Waals surface area contributed by atoms with E-state index in [1.165, 1.54) is 0 Å². The smallest absolute Gasteiger partial charge is 0.243 e. The number of nitrogens with one attached hydrogen (secondary N) is 2. The van der Waals surface area contributed by atoms with Gasteiger partial charge in [0.15, 0.2) is 0 Å². The Balaban J connectivity index is 1.80. The molecule has 3 aromatic rings. The summed E-state index contributed by atoms with van der Waals surface area (Å²) in [5.41, 5.74) is 3.48. The van der Waals surface area contributed by atoms with Crippen LogP contribution < -0.4 is 9.47 Å². The quantitative estimate of drug-likeness (QED) is 0.570. The Hall–Kier alpha value is -3.30. The highest BCUT2D eigenvalue weighted by Crippen LogP contribution is 2.46. The van der Waals surface area contributed by atoms with Crippen LogP contribution in [0.3, 0.4) is 0 Å². The number of ether oxygens (including phenoxy) is 2. The minimum atomic E-state index is -0.803. The van der Waals surface area contributed by atoms with Gasteiger partial charge >= 0.3 is 0 Å². The Labute approximate surface area is 179 Å². The predicted octanol–water partition coefficient (Wildman–Crippen LogP) is 5.24. The van der Waals surface area contributed by atoms with E-state index in [2.05, 4.69) is 23.2 Å². The van der Waals surface area contributed by atoms with Crippen molar-refractivity contribution in [3.05, 3.63) is 75.9 Å². The Bertz CT molecular complexity index is 1100. The van der Waals surface area contributed by atoms with Gasteiger partial charge in [-0.3, -0.25) is 10.5 Å². The number of H-pyrrole nitrogens is 1. The maximum absolute atomic E-state index is 9.87. The zero-order valence-corrected chi connectivity index (χ0v) is 17.2. The minimum absolute atomic E-state index is 0.126. The first-order valence-electron chi connectivity index (χ1n) is 9.81. The number of nitrogens with zero attached hydrogens (tertiary/aromatic N) is 2. The molecule has 2 unspecified atom stereocenters. The molecule has 30 heavy (non-hydrogen) atoms. The number of aryl methyl sites for hydroxylation is 1. The van der Waals surface area contributed by atoms with Crippen LogP contribution in [0.2, 0.25) is 5.02 Å². The molecule has 1 aliphatic heterocycles. The van der Waals surface area contributed by atoms with Crippen LogP contribution in [0.15, 0.2) is 48.5 Å². The van der Waals surface area contributed by atoms with Gasteiger partial charge in [0.05, 0.1) is 6.07 Å². The van der Waals surface area contributed by atoms with E-state index in [0.717, 1.165) is 35.2 Å². The molecule has 2 N–H and O–H groups in total. The number of halogens is 1. The number of aromatic nitrogens is 2. The molecule has 0 bridgehead atoms. The van der Waals surface area contributed by atoms with Crippen molar-refractivity contribution in [3.8, 4) is 17.7 Å². The summed E-state index contributed by atoms with van der Waals surface area (Å²) in [6.45, 7) is 2.46. The standard InChI is InChI=1S/C23H21ClN4O2/c1-2-6-18-21-20(17(12-25)22(26)30-23(21)28-27-18)16-11-15(24)9-10-19(16)29-13-14-7-4-3-5-8-14/h3-5,7-11,17,20,26H,2,6,13H2,1H3,(H,27,28). The lowest BCUT2D eigenvalue weighted by Crippen LogP contribution is -2.31. The number of benzene rings is 2. The Kier molecular flexibility index (Phi) is 5.73. The van der Waals surface area contributed by atoms with Crippen LogP contribution in [-0.2, 0) is 13.0 Å². The normalized spacial score (nSPS) is 17.7. The lowest BCUT2D eigenvalue weighted by Gasteiger charge is -2.29. The van der Waals surface area contributed by atoms with E-state index in [0.29, 0.717) is 23.3 Å². The highest BCUT2D eigenvalue weighted by Gasteiger charge is 2.41. The molecule has 7 heteroatoms. The molecule has 2 aromatic carbocycles. The van der Waals surface area contributed by atoms with Crippen molar-refractivity contribution in [2.24, 2.45) is 5.92 Å². The average Bonchev–Trinajstić information content (AvgIpc) is 3.15. The molecular formula is C23H21ClN4O2. The van der Waals surface area contributed by atoms with Gasteiger partial charge in [0.1, 0.15) is 18.3 Å². The van der Waals surface area contributed by atoms with Crippen LogP contribution in [0.5, 0.6) is 11.6 Å². The fraction of sp³-hybridized carbons (Fsp3) is 0.261. The zero-order valence-electron chi connectivity index (χ0n) is 16.5. The third-order valence-electron chi connectivity index (χ3n) is 5.16. The monoisotopic (exact) mass is 420 g/mol. The molecule has 1 aromatic heterocycles. The zero-order chi connectivity index (χ0) is 21.1.